The zero-order chi connectivity index (χ0) is 30.1. The highest BCUT2D eigenvalue weighted by molar-refractivity contribution is 5.77. The first-order valence-electron chi connectivity index (χ1n) is 13.3. The van der Waals surface area contributed by atoms with Gasteiger partial charge in [-0.25, -0.2) is 18.2 Å². The first-order valence-corrected chi connectivity index (χ1v) is 13.3. The molecule has 2 aromatic carbocycles. The van der Waals surface area contributed by atoms with Crippen LogP contribution < -0.4 is 9.47 Å². The lowest BCUT2D eigenvalue weighted by Gasteiger charge is -2.40. The lowest BCUT2D eigenvalue weighted by Crippen LogP contribution is -2.43. The van der Waals surface area contributed by atoms with Crippen LogP contribution in [-0.4, -0.2) is 33.4 Å². The van der Waals surface area contributed by atoms with E-state index >= 15 is 0 Å². The third-order valence-electron chi connectivity index (χ3n) is 8.36. The van der Waals surface area contributed by atoms with Crippen molar-refractivity contribution in [2.45, 2.75) is 50.5 Å². The van der Waals surface area contributed by atoms with Gasteiger partial charge in [-0.1, -0.05) is 0 Å². The Morgan fingerprint density at radius 2 is 1.74 bits per heavy atom. The van der Waals surface area contributed by atoms with E-state index in [1.54, 1.807) is 13.0 Å². The molecule has 3 atom stereocenters. The molecule has 0 radical (unpaired) electrons. The molecule has 2 N–H and O–H groups in total. The van der Waals surface area contributed by atoms with Gasteiger partial charge in [0.2, 0.25) is 5.88 Å². The highest BCUT2D eigenvalue weighted by Gasteiger charge is 2.60. The van der Waals surface area contributed by atoms with Crippen LogP contribution in [0.1, 0.15) is 47.9 Å². The van der Waals surface area contributed by atoms with Gasteiger partial charge < -0.3 is 19.7 Å². The van der Waals surface area contributed by atoms with E-state index < -0.39 is 70.2 Å². The van der Waals surface area contributed by atoms with Crippen molar-refractivity contribution in [3.05, 3.63) is 76.2 Å². The third kappa shape index (κ3) is 5.16. The van der Waals surface area contributed by atoms with Crippen molar-refractivity contribution in [2.24, 2.45) is 17.8 Å². The number of halogens is 6. The highest BCUT2D eigenvalue weighted by Crippen LogP contribution is 2.61. The van der Waals surface area contributed by atoms with Gasteiger partial charge >= 0.3 is 12.1 Å². The summed E-state index contributed by atoms with van der Waals surface area (Å²) in [4.78, 5) is 15.4. The molecule has 0 amide bonds. The van der Waals surface area contributed by atoms with Gasteiger partial charge in [0.25, 0.3) is 0 Å². The zero-order valence-corrected chi connectivity index (χ0v) is 22.1. The van der Waals surface area contributed by atoms with E-state index in [2.05, 4.69) is 4.98 Å². The Labute approximate surface area is 235 Å². The van der Waals surface area contributed by atoms with Crippen molar-refractivity contribution in [1.82, 2.24) is 4.98 Å². The van der Waals surface area contributed by atoms with Crippen molar-refractivity contribution < 1.29 is 50.8 Å². The first kappa shape index (κ1) is 28.3. The number of aliphatic carboxylic acids is 1. The van der Waals surface area contributed by atoms with Crippen LogP contribution in [0.5, 0.6) is 11.6 Å². The fraction of sp³-hybridized carbons (Fsp3) is 0.400. The second-order valence-electron chi connectivity index (χ2n) is 11.6. The fourth-order valence-electron chi connectivity index (χ4n) is 6.39. The Morgan fingerprint density at radius 3 is 2.36 bits per heavy atom. The molecular formula is C30H25F6NO5. The van der Waals surface area contributed by atoms with Crippen LogP contribution in [-0.2, 0) is 24.0 Å². The maximum absolute atomic E-state index is 14.9. The first-order chi connectivity index (χ1) is 19.7. The average molecular weight is 594 g/mol. The van der Waals surface area contributed by atoms with Crippen LogP contribution >= 0.6 is 0 Å². The number of pyridine rings is 1. The van der Waals surface area contributed by atoms with Gasteiger partial charge in [-0.2, -0.15) is 13.2 Å². The normalized spacial score (nSPS) is 25.8. The van der Waals surface area contributed by atoms with Crippen LogP contribution in [0.25, 0.3) is 11.1 Å². The van der Waals surface area contributed by atoms with Gasteiger partial charge in [0.1, 0.15) is 12.4 Å². The molecular weight excluding hydrogens is 568 g/mol. The molecule has 3 aromatic rings. The molecule has 1 heterocycles. The molecule has 6 rings (SSSR count). The van der Waals surface area contributed by atoms with Gasteiger partial charge in [0.15, 0.2) is 17.4 Å². The Kier molecular flexibility index (Phi) is 6.67. The lowest BCUT2D eigenvalue weighted by molar-refractivity contribution is -0.139. The molecule has 42 heavy (non-hydrogen) atoms. The van der Waals surface area contributed by atoms with E-state index in [4.69, 9.17) is 9.47 Å². The van der Waals surface area contributed by atoms with Gasteiger partial charge in [-0.05, 0) is 84.5 Å². The standard InChI is InChI=1S/C30H25F6NO5/c1-29(40)8-13(9-29)11-42-27-22(32)4-15(5-23(27)33)17-3-16(21(31)7-20(17)30(34,35)36)12-41-24-6-14-2-18-25(19(14)10-37-24)26(18)28(38)39/h3-7,10,13,18,25-26,40H,2,8-9,11-12H2,1H3,(H,38,39)/t13?,18-,25-,26+,29?/m1/s1. The molecule has 2 saturated carbocycles. The largest absolute Gasteiger partial charge is 0.487 e. The second-order valence-corrected chi connectivity index (χ2v) is 11.6. The topological polar surface area (TPSA) is 88.9 Å². The SMILES string of the molecule is CC1(O)CC(COc2c(F)cc(-c3cc(COc4cc5c(cn4)[C@H]4[C@@H](C5)[C@@H]4C(=O)O)c(F)cc3C(F)(F)F)cc2F)C1. The zero-order valence-electron chi connectivity index (χ0n) is 22.1. The molecule has 12 heteroatoms. The maximum atomic E-state index is 14.9. The number of aromatic nitrogens is 1. The summed E-state index contributed by atoms with van der Waals surface area (Å²) >= 11 is 0. The molecule has 0 bridgehead atoms. The Balaban J connectivity index is 1.23. The predicted octanol–water partition coefficient (Wildman–Crippen LogP) is 6.27. The number of nitrogens with zero attached hydrogens (tertiary/aromatic N) is 1. The second kappa shape index (κ2) is 9.89. The summed E-state index contributed by atoms with van der Waals surface area (Å²) in [6, 6.07) is 4.08. The molecule has 1 aromatic heterocycles. The number of hydrogen-bond acceptors (Lipinski definition) is 5. The summed E-state index contributed by atoms with van der Waals surface area (Å²) in [5, 5.41) is 19.1. The number of carbonyl (C=O) groups is 1. The summed E-state index contributed by atoms with van der Waals surface area (Å²) in [7, 11) is 0. The van der Waals surface area contributed by atoms with E-state index in [0.29, 0.717) is 31.4 Å². The quantitative estimate of drug-likeness (QED) is 0.299. The van der Waals surface area contributed by atoms with Crippen LogP contribution in [0.3, 0.4) is 0 Å². The minimum absolute atomic E-state index is 0.0170. The number of fused-ring (bicyclic) bond motifs is 3. The number of benzene rings is 2. The van der Waals surface area contributed by atoms with Crippen LogP contribution in [0.15, 0.2) is 36.5 Å². The molecule has 0 unspecified atom stereocenters. The maximum Gasteiger partial charge on any atom is 0.417 e. The number of ether oxygens (including phenoxy) is 2. The summed E-state index contributed by atoms with van der Waals surface area (Å²) < 4.78 is 96.9. The summed E-state index contributed by atoms with van der Waals surface area (Å²) in [6.45, 7) is 1.03. The van der Waals surface area contributed by atoms with Crippen LogP contribution in [0.4, 0.5) is 26.3 Å². The van der Waals surface area contributed by atoms with Crippen LogP contribution in [0, 0.1) is 35.2 Å². The van der Waals surface area contributed by atoms with Gasteiger partial charge in [-0.15, -0.1) is 0 Å². The average Bonchev–Trinajstić information content (AvgIpc) is 3.47. The molecule has 3 aliphatic carbocycles. The lowest BCUT2D eigenvalue weighted by atomic mass is 9.73. The van der Waals surface area contributed by atoms with Gasteiger partial charge in [0.05, 0.1) is 23.7 Å². The molecule has 6 nitrogen and oxygen atoms in total. The number of alkyl halides is 3. The number of carboxylic acids is 1. The fourth-order valence-corrected chi connectivity index (χ4v) is 6.39. The van der Waals surface area contributed by atoms with Crippen molar-refractivity contribution >= 4 is 5.97 Å². The molecule has 0 saturated heterocycles. The summed E-state index contributed by atoms with van der Waals surface area (Å²) in [5.41, 5.74) is -2.06. The van der Waals surface area contributed by atoms with Crippen molar-refractivity contribution in [3.8, 4) is 22.8 Å². The smallest absolute Gasteiger partial charge is 0.417 e. The molecule has 2 fully saturated rings. The van der Waals surface area contributed by atoms with E-state index in [1.807, 2.05) is 0 Å². The monoisotopic (exact) mass is 593 g/mol. The van der Waals surface area contributed by atoms with E-state index in [9.17, 15) is 41.4 Å². The van der Waals surface area contributed by atoms with E-state index in [1.165, 1.54) is 6.20 Å². The van der Waals surface area contributed by atoms with Crippen molar-refractivity contribution in [3.63, 3.8) is 0 Å². The van der Waals surface area contributed by atoms with E-state index in [0.717, 1.165) is 17.2 Å². The highest BCUT2D eigenvalue weighted by atomic mass is 19.4. The van der Waals surface area contributed by atoms with Crippen molar-refractivity contribution in [1.29, 1.82) is 0 Å². The van der Waals surface area contributed by atoms with Crippen molar-refractivity contribution in [2.75, 3.05) is 6.61 Å². The number of hydrogen-bond donors (Lipinski definition) is 2. The summed E-state index contributed by atoms with van der Waals surface area (Å²) in [6.07, 6.45) is -2.24. The minimum Gasteiger partial charge on any atom is -0.487 e. The number of carboxylic acid groups (broad SMARTS) is 1. The van der Waals surface area contributed by atoms with Gasteiger partial charge in [0, 0.05) is 23.7 Å². The Bertz CT molecular complexity index is 1560. The number of aliphatic hydroxyl groups is 1. The Morgan fingerprint density at radius 1 is 1.05 bits per heavy atom. The third-order valence-corrected chi connectivity index (χ3v) is 8.36. The van der Waals surface area contributed by atoms with Crippen LogP contribution in [0.2, 0.25) is 0 Å². The summed E-state index contributed by atoms with van der Waals surface area (Å²) in [5.74, 6) is -5.91. The van der Waals surface area contributed by atoms with Gasteiger partial charge in [-0.3, -0.25) is 4.79 Å². The number of rotatable bonds is 8. The molecule has 3 aliphatic rings. The minimum atomic E-state index is -5.03. The predicted molar refractivity (Wildman–Crippen MR) is 135 cm³/mol. The molecule has 0 spiro atoms. The van der Waals surface area contributed by atoms with E-state index in [-0.39, 0.29) is 41.9 Å². The molecule has 0 aliphatic heterocycles. The molecule has 222 valence electrons. The Hall–Kier alpha value is -3.80.